The summed E-state index contributed by atoms with van der Waals surface area (Å²) in [6, 6.07) is 9.95. The highest BCUT2D eigenvalue weighted by molar-refractivity contribution is 5.98. The van der Waals surface area contributed by atoms with Gasteiger partial charge in [0.1, 0.15) is 11.4 Å². The first-order chi connectivity index (χ1) is 14.8. The summed E-state index contributed by atoms with van der Waals surface area (Å²) in [5, 5.41) is 11.0. The molecular weight excluding hydrogens is 404 g/mol. The fourth-order valence-corrected chi connectivity index (χ4v) is 2.89. The van der Waals surface area contributed by atoms with E-state index in [0.717, 1.165) is 5.56 Å². The second-order valence-electron chi connectivity index (χ2n) is 7.48. The lowest BCUT2D eigenvalue weighted by Gasteiger charge is -2.20. The van der Waals surface area contributed by atoms with Gasteiger partial charge in [0.15, 0.2) is 11.5 Å². The molecule has 10 nitrogen and oxygen atoms in total. The molecule has 3 N–H and O–H groups in total. The normalized spacial score (nSPS) is 18.0. The Kier molecular flexibility index (Phi) is 6.81. The van der Waals surface area contributed by atoms with Crippen LogP contribution in [0.25, 0.3) is 0 Å². The van der Waals surface area contributed by atoms with Crippen molar-refractivity contribution in [1.82, 2.24) is 21.1 Å². The summed E-state index contributed by atoms with van der Waals surface area (Å²) in [6.45, 7) is 2.96. The van der Waals surface area contributed by atoms with E-state index in [2.05, 4.69) is 21.1 Å². The lowest BCUT2D eigenvalue weighted by atomic mass is 9.95. The van der Waals surface area contributed by atoms with Gasteiger partial charge in [0, 0.05) is 6.07 Å². The number of nitrogens with zero attached hydrogens (tertiary/aromatic N) is 1. The van der Waals surface area contributed by atoms with Crippen molar-refractivity contribution in [3.05, 3.63) is 53.4 Å². The molecule has 1 aliphatic heterocycles. The van der Waals surface area contributed by atoms with Gasteiger partial charge in [-0.1, -0.05) is 35.5 Å². The Labute approximate surface area is 178 Å². The average Bonchev–Trinajstić information content (AvgIpc) is 3.36. The summed E-state index contributed by atoms with van der Waals surface area (Å²) in [4.78, 5) is 48.8. The first kappa shape index (κ1) is 22.2. The van der Waals surface area contributed by atoms with Crippen molar-refractivity contribution in [3.63, 3.8) is 0 Å². The molecule has 1 saturated heterocycles. The molecule has 0 radical (unpaired) electrons. The molecule has 10 heteroatoms. The predicted octanol–water partition coefficient (Wildman–Crippen LogP) is -0.0855. The molecular formula is C21H24N4O6. The molecule has 1 aliphatic rings. The number of epoxide rings is 1. The number of Topliss-reactive ketones (excluding diaryl/α,β-unsaturated/α-hetero) is 1. The maximum atomic E-state index is 12.7. The van der Waals surface area contributed by atoms with Crippen LogP contribution in [0.1, 0.15) is 28.7 Å². The van der Waals surface area contributed by atoms with Gasteiger partial charge < -0.3 is 25.2 Å². The molecule has 31 heavy (non-hydrogen) atoms. The van der Waals surface area contributed by atoms with Crippen LogP contribution in [-0.2, 0) is 25.5 Å². The van der Waals surface area contributed by atoms with Crippen LogP contribution < -0.4 is 16.0 Å². The summed E-state index contributed by atoms with van der Waals surface area (Å²) in [5.41, 5.74) is 0.0565. The largest absolute Gasteiger partial charge is 0.361 e. The quantitative estimate of drug-likeness (QED) is 0.449. The van der Waals surface area contributed by atoms with Crippen molar-refractivity contribution in [2.45, 2.75) is 31.9 Å². The van der Waals surface area contributed by atoms with E-state index in [4.69, 9.17) is 9.26 Å². The minimum Gasteiger partial charge on any atom is -0.361 e. The minimum atomic E-state index is -0.889. The van der Waals surface area contributed by atoms with Crippen LogP contribution in [0.15, 0.2) is 40.9 Å². The minimum absolute atomic E-state index is 0.0566. The molecule has 2 aromatic rings. The van der Waals surface area contributed by atoms with Crippen molar-refractivity contribution >= 4 is 23.5 Å². The van der Waals surface area contributed by atoms with Crippen LogP contribution in [0, 0.1) is 6.92 Å². The predicted molar refractivity (Wildman–Crippen MR) is 108 cm³/mol. The Hall–Kier alpha value is -3.53. The summed E-state index contributed by atoms with van der Waals surface area (Å²) in [7, 11) is 0. The van der Waals surface area contributed by atoms with Crippen LogP contribution in [-0.4, -0.2) is 60.0 Å². The number of ketones is 1. The van der Waals surface area contributed by atoms with E-state index in [1.165, 1.54) is 6.07 Å². The van der Waals surface area contributed by atoms with Crippen molar-refractivity contribution in [1.29, 1.82) is 0 Å². The lowest BCUT2D eigenvalue weighted by Crippen LogP contribution is -2.50. The zero-order valence-corrected chi connectivity index (χ0v) is 17.3. The Morgan fingerprint density at radius 2 is 1.77 bits per heavy atom. The van der Waals surface area contributed by atoms with E-state index in [1.807, 2.05) is 30.3 Å². The van der Waals surface area contributed by atoms with Crippen molar-refractivity contribution in [3.8, 4) is 0 Å². The summed E-state index contributed by atoms with van der Waals surface area (Å²) >= 11 is 0. The molecule has 1 fully saturated rings. The van der Waals surface area contributed by atoms with Crippen molar-refractivity contribution in [2.75, 3.05) is 19.7 Å². The topological polar surface area (TPSA) is 143 Å². The van der Waals surface area contributed by atoms with Gasteiger partial charge in [-0.25, -0.2) is 0 Å². The number of amides is 3. The molecule has 3 amide bonds. The smallest absolute Gasteiger partial charge is 0.273 e. The summed E-state index contributed by atoms with van der Waals surface area (Å²) < 4.78 is 10.0. The fraction of sp³-hybridized carbons (Fsp3) is 0.381. The first-order valence-corrected chi connectivity index (χ1v) is 9.76. The number of benzene rings is 1. The number of carbonyl (C=O) groups is 4. The van der Waals surface area contributed by atoms with Gasteiger partial charge in [0.05, 0.1) is 25.7 Å². The molecule has 0 bridgehead atoms. The summed E-state index contributed by atoms with van der Waals surface area (Å²) in [6.07, 6.45) is 0.311. The number of carbonyl (C=O) groups excluding carboxylic acids is 4. The average molecular weight is 428 g/mol. The highest BCUT2D eigenvalue weighted by atomic mass is 16.6. The maximum Gasteiger partial charge on any atom is 0.273 e. The SMILES string of the molecule is Cc1cc(C(=O)NCC(=O)NCC(=O)N[C@@H](Cc2ccccc2)C(=O)[C@@]2(C)CO2)no1. The molecule has 164 valence electrons. The molecule has 0 spiro atoms. The Morgan fingerprint density at radius 1 is 1.10 bits per heavy atom. The molecule has 1 aromatic heterocycles. The van der Waals surface area contributed by atoms with Gasteiger partial charge in [-0.05, 0) is 25.8 Å². The van der Waals surface area contributed by atoms with Crippen LogP contribution in [0.3, 0.4) is 0 Å². The Bertz CT molecular complexity index is 967. The third kappa shape index (κ3) is 6.22. The number of ether oxygens (including phenoxy) is 1. The molecule has 2 atom stereocenters. The highest BCUT2D eigenvalue weighted by Gasteiger charge is 2.50. The zero-order valence-electron chi connectivity index (χ0n) is 17.3. The van der Waals surface area contributed by atoms with E-state index in [1.54, 1.807) is 13.8 Å². The van der Waals surface area contributed by atoms with Gasteiger partial charge >= 0.3 is 0 Å². The van der Waals surface area contributed by atoms with Gasteiger partial charge in [0.2, 0.25) is 11.8 Å². The van der Waals surface area contributed by atoms with Gasteiger partial charge in [0.25, 0.3) is 5.91 Å². The third-order valence-electron chi connectivity index (χ3n) is 4.75. The van der Waals surface area contributed by atoms with Crippen LogP contribution in [0.5, 0.6) is 0 Å². The number of hydrogen-bond acceptors (Lipinski definition) is 7. The monoisotopic (exact) mass is 428 g/mol. The third-order valence-corrected chi connectivity index (χ3v) is 4.75. The maximum absolute atomic E-state index is 12.7. The van der Waals surface area contributed by atoms with Gasteiger partial charge in [-0.2, -0.15) is 0 Å². The molecule has 0 unspecified atom stereocenters. The van der Waals surface area contributed by atoms with E-state index < -0.39 is 29.4 Å². The van der Waals surface area contributed by atoms with E-state index in [-0.39, 0.29) is 24.6 Å². The van der Waals surface area contributed by atoms with Crippen molar-refractivity contribution < 1.29 is 28.4 Å². The molecule has 1 aromatic carbocycles. The first-order valence-electron chi connectivity index (χ1n) is 9.76. The van der Waals surface area contributed by atoms with Gasteiger partial charge in [-0.3, -0.25) is 19.2 Å². The second-order valence-corrected chi connectivity index (χ2v) is 7.48. The second kappa shape index (κ2) is 9.52. The number of hydrogen-bond donors (Lipinski definition) is 3. The van der Waals surface area contributed by atoms with Crippen molar-refractivity contribution in [2.24, 2.45) is 0 Å². The van der Waals surface area contributed by atoms with Crippen LogP contribution >= 0.6 is 0 Å². The number of rotatable bonds is 10. The van der Waals surface area contributed by atoms with E-state index >= 15 is 0 Å². The summed E-state index contributed by atoms with van der Waals surface area (Å²) in [5.74, 6) is -1.40. The molecule has 3 rings (SSSR count). The van der Waals surface area contributed by atoms with Gasteiger partial charge in [-0.15, -0.1) is 0 Å². The standard InChI is InChI=1S/C21H24N4O6/c1-13-8-16(25-31-13)20(29)23-10-17(26)22-11-18(27)24-15(19(28)21(2)12-30-21)9-14-6-4-3-5-7-14/h3-8,15H,9-12H2,1-2H3,(H,22,26)(H,23,29)(H,24,27)/t15-,21+/m0/s1. The van der Waals surface area contributed by atoms with Crippen LogP contribution in [0.4, 0.5) is 0 Å². The Balaban J connectivity index is 1.47. The van der Waals surface area contributed by atoms with E-state index in [0.29, 0.717) is 18.8 Å². The Morgan fingerprint density at radius 3 is 2.39 bits per heavy atom. The number of aryl methyl sites for hydroxylation is 1. The zero-order chi connectivity index (χ0) is 22.4. The number of nitrogens with one attached hydrogen (secondary N) is 3. The fourth-order valence-electron chi connectivity index (χ4n) is 2.89. The molecule has 0 aliphatic carbocycles. The lowest BCUT2D eigenvalue weighted by molar-refractivity contribution is -0.130. The number of aromatic nitrogens is 1. The van der Waals surface area contributed by atoms with Crippen LogP contribution in [0.2, 0.25) is 0 Å². The molecule has 2 heterocycles. The van der Waals surface area contributed by atoms with E-state index in [9.17, 15) is 19.2 Å². The highest BCUT2D eigenvalue weighted by Crippen LogP contribution is 2.29. The molecule has 0 saturated carbocycles.